The molecular weight excluding hydrogens is 102 g/mol. The van der Waals surface area contributed by atoms with Gasteiger partial charge in [-0.15, -0.1) is 0 Å². The molecule has 0 aliphatic carbocycles. The van der Waals surface area contributed by atoms with Gasteiger partial charge in [-0.1, -0.05) is 19.8 Å². The molecule has 1 fully saturated rings. The minimum Gasteiger partial charge on any atom is -0.373 e. The summed E-state index contributed by atoms with van der Waals surface area (Å²) in [6.45, 7) is 3.24. The lowest BCUT2D eigenvalue weighted by Crippen LogP contribution is -1.81. The van der Waals surface area contributed by atoms with E-state index >= 15 is 0 Å². The van der Waals surface area contributed by atoms with Crippen molar-refractivity contribution in [2.24, 2.45) is 0 Å². The molecule has 3 N–H and O–H groups in total. The molecule has 0 saturated carbocycles. The van der Waals surface area contributed by atoms with Crippen LogP contribution >= 0.6 is 0 Å². The number of hydrogen-bond acceptors (Lipinski definition) is 2. The van der Waals surface area contributed by atoms with Crippen LogP contribution in [0.3, 0.4) is 0 Å². The van der Waals surface area contributed by atoms with Gasteiger partial charge in [0.2, 0.25) is 0 Å². The predicted molar refractivity (Wildman–Crippen MR) is 34.3 cm³/mol. The molecule has 50 valence electrons. The predicted octanol–water partition coefficient (Wildman–Crippen LogP) is 1.74. The van der Waals surface area contributed by atoms with Gasteiger partial charge in [0.1, 0.15) is 0 Å². The van der Waals surface area contributed by atoms with Gasteiger partial charge >= 0.3 is 0 Å². The molecule has 2 heteroatoms. The lowest BCUT2D eigenvalue weighted by atomic mass is 10.2. The molecule has 0 amide bonds. The Bertz CT molecular complexity index is 52.5. The Kier molecular flexibility index (Phi) is 3.83. The van der Waals surface area contributed by atoms with E-state index in [9.17, 15) is 0 Å². The minimum atomic E-state index is 0. The van der Waals surface area contributed by atoms with Gasteiger partial charge in [-0.3, -0.25) is 0 Å². The van der Waals surface area contributed by atoms with Crippen molar-refractivity contribution >= 4 is 0 Å². The van der Waals surface area contributed by atoms with Gasteiger partial charge in [-0.2, -0.15) is 0 Å². The van der Waals surface area contributed by atoms with E-state index in [-0.39, 0.29) is 6.15 Å². The van der Waals surface area contributed by atoms with Crippen molar-refractivity contribution in [3.63, 3.8) is 0 Å². The summed E-state index contributed by atoms with van der Waals surface area (Å²) in [5.74, 6) is 0. The molecule has 8 heavy (non-hydrogen) atoms. The van der Waals surface area contributed by atoms with Crippen LogP contribution < -0.4 is 6.15 Å². The van der Waals surface area contributed by atoms with Crippen molar-refractivity contribution in [3.8, 4) is 0 Å². The quantitative estimate of drug-likeness (QED) is 0.572. The van der Waals surface area contributed by atoms with Crippen LogP contribution in [0, 0.1) is 0 Å². The summed E-state index contributed by atoms with van der Waals surface area (Å²) in [5, 5.41) is 0. The highest BCUT2D eigenvalue weighted by molar-refractivity contribution is 4.67. The van der Waals surface area contributed by atoms with Crippen LogP contribution in [0.25, 0.3) is 0 Å². The van der Waals surface area contributed by atoms with Crippen molar-refractivity contribution in [1.82, 2.24) is 6.15 Å². The highest BCUT2D eigenvalue weighted by atomic mass is 16.6. The summed E-state index contributed by atoms with van der Waals surface area (Å²) in [4.78, 5) is 0. The molecule has 1 atom stereocenters. The zero-order valence-corrected chi connectivity index (χ0v) is 5.52. The summed E-state index contributed by atoms with van der Waals surface area (Å²) in [7, 11) is 0. The third kappa shape index (κ3) is 2.99. The van der Waals surface area contributed by atoms with E-state index in [0.717, 1.165) is 6.61 Å². The number of epoxide rings is 1. The number of unbranched alkanes of at least 4 members (excludes halogenated alkanes) is 1. The van der Waals surface area contributed by atoms with E-state index in [1.165, 1.54) is 19.3 Å². The Balaban J connectivity index is 0.000000490. The van der Waals surface area contributed by atoms with E-state index in [2.05, 4.69) is 6.92 Å². The van der Waals surface area contributed by atoms with Gasteiger partial charge < -0.3 is 10.9 Å². The number of rotatable bonds is 3. The van der Waals surface area contributed by atoms with E-state index in [1.54, 1.807) is 0 Å². The lowest BCUT2D eigenvalue weighted by Gasteiger charge is -1.86. The van der Waals surface area contributed by atoms with Crippen LogP contribution in [0.5, 0.6) is 0 Å². The van der Waals surface area contributed by atoms with Gasteiger partial charge in [0, 0.05) is 0 Å². The summed E-state index contributed by atoms with van der Waals surface area (Å²) < 4.78 is 5.01. The number of ether oxygens (including phenoxy) is 1. The Morgan fingerprint density at radius 1 is 1.62 bits per heavy atom. The first-order valence-electron chi connectivity index (χ1n) is 3.05. The fourth-order valence-electron chi connectivity index (χ4n) is 0.667. The summed E-state index contributed by atoms with van der Waals surface area (Å²) in [5.41, 5.74) is 0. The van der Waals surface area contributed by atoms with E-state index in [0.29, 0.717) is 6.10 Å². The minimum absolute atomic E-state index is 0. The SMILES string of the molecule is CCCCC1CO1.N. The van der Waals surface area contributed by atoms with Crippen molar-refractivity contribution in [1.29, 1.82) is 0 Å². The average Bonchev–Trinajstić information content (AvgIpc) is 2.42. The molecule has 0 aromatic carbocycles. The van der Waals surface area contributed by atoms with E-state index in [1.807, 2.05) is 0 Å². The molecule has 1 heterocycles. The topological polar surface area (TPSA) is 47.5 Å². The maximum atomic E-state index is 5.01. The summed E-state index contributed by atoms with van der Waals surface area (Å²) in [6, 6.07) is 0. The molecule has 0 bridgehead atoms. The highest BCUT2D eigenvalue weighted by Gasteiger charge is 2.20. The van der Waals surface area contributed by atoms with Crippen LogP contribution in [-0.4, -0.2) is 12.7 Å². The lowest BCUT2D eigenvalue weighted by molar-refractivity contribution is 0.391. The average molecular weight is 117 g/mol. The first kappa shape index (κ1) is 7.92. The Morgan fingerprint density at radius 2 is 2.25 bits per heavy atom. The van der Waals surface area contributed by atoms with Crippen molar-refractivity contribution in [2.45, 2.75) is 32.3 Å². The monoisotopic (exact) mass is 117 g/mol. The van der Waals surface area contributed by atoms with Gasteiger partial charge in [0.25, 0.3) is 0 Å². The molecule has 0 spiro atoms. The first-order valence-corrected chi connectivity index (χ1v) is 3.05. The molecule has 1 aliphatic heterocycles. The fourth-order valence-corrected chi connectivity index (χ4v) is 0.667. The molecule has 0 aromatic rings. The van der Waals surface area contributed by atoms with Crippen LogP contribution in [0.2, 0.25) is 0 Å². The zero-order valence-electron chi connectivity index (χ0n) is 5.52. The summed E-state index contributed by atoms with van der Waals surface area (Å²) >= 11 is 0. The van der Waals surface area contributed by atoms with Gasteiger partial charge in [-0.25, -0.2) is 0 Å². The van der Waals surface area contributed by atoms with E-state index < -0.39 is 0 Å². The van der Waals surface area contributed by atoms with Crippen molar-refractivity contribution < 1.29 is 4.74 Å². The zero-order chi connectivity index (χ0) is 5.11. The van der Waals surface area contributed by atoms with Crippen molar-refractivity contribution in [3.05, 3.63) is 0 Å². The molecule has 0 aromatic heterocycles. The van der Waals surface area contributed by atoms with E-state index in [4.69, 9.17) is 4.74 Å². The Labute approximate surface area is 50.8 Å². The second-order valence-corrected chi connectivity index (χ2v) is 2.10. The van der Waals surface area contributed by atoms with Crippen LogP contribution in [0.4, 0.5) is 0 Å². The normalized spacial score (nSPS) is 24.4. The second kappa shape index (κ2) is 3.87. The fraction of sp³-hybridized carbons (Fsp3) is 1.00. The molecule has 1 saturated heterocycles. The third-order valence-corrected chi connectivity index (χ3v) is 1.28. The van der Waals surface area contributed by atoms with Crippen LogP contribution in [0.1, 0.15) is 26.2 Å². The summed E-state index contributed by atoms with van der Waals surface area (Å²) in [6.07, 6.45) is 4.58. The maximum absolute atomic E-state index is 5.01. The van der Waals surface area contributed by atoms with Crippen LogP contribution in [0.15, 0.2) is 0 Å². The molecular formula is C6H15NO. The standard InChI is InChI=1S/C6H12O.H3N/c1-2-3-4-6-5-7-6;/h6H,2-5H2,1H3;1H3. The Hall–Kier alpha value is -0.0800. The molecule has 2 nitrogen and oxygen atoms in total. The van der Waals surface area contributed by atoms with Gasteiger partial charge in [-0.05, 0) is 6.42 Å². The van der Waals surface area contributed by atoms with Gasteiger partial charge in [0.05, 0.1) is 12.7 Å². The second-order valence-electron chi connectivity index (χ2n) is 2.10. The van der Waals surface area contributed by atoms with Gasteiger partial charge in [0.15, 0.2) is 0 Å². The smallest absolute Gasteiger partial charge is 0.0810 e. The highest BCUT2D eigenvalue weighted by Crippen LogP contribution is 2.15. The number of hydrogen-bond donors (Lipinski definition) is 1. The maximum Gasteiger partial charge on any atom is 0.0810 e. The Morgan fingerprint density at radius 3 is 2.62 bits per heavy atom. The first-order chi connectivity index (χ1) is 3.43. The third-order valence-electron chi connectivity index (χ3n) is 1.28. The molecule has 1 rings (SSSR count). The molecule has 1 aliphatic rings. The van der Waals surface area contributed by atoms with Crippen molar-refractivity contribution in [2.75, 3.05) is 6.61 Å². The largest absolute Gasteiger partial charge is 0.373 e. The molecule has 0 radical (unpaired) electrons. The molecule has 1 unspecified atom stereocenters. The van der Waals surface area contributed by atoms with Crippen LogP contribution in [-0.2, 0) is 4.74 Å².